The van der Waals surface area contributed by atoms with Crippen molar-refractivity contribution >= 4 is 6.08 Å². The minimum absolute atomic E-state index is 0.483. The number of benzene rings is 3. The van der Waals surface area contributed by atoms with Gasteiger partial charge in [0.15, 0.2) is 0 Å². The van der Waals surface area contributed by atoms with E-state index in [1.807, 2.05) is 60.7 Å². The third kappa shape index (κ3) is 5.30. The van der Waals surface area contributed by atoms with Crippen molar-refractivity contribution in [1.29, 1.82) is 0 Å². The first-order valence-corrected chi connectivity index (χ1v) is 8.53. The lowest BCUT2D eigenvalue weighted by Crippen LogP contribution is -2.06. The number of hydrogen-bond acceptors (Lipinski definition) is 1. The summed E-state index contributed by atoms with van der Waals surface area (Å²) in [5.41, 5.74) is 4.68. The Morgan fingerprint density at radius 2 is 1.28 bits per heavy atom. The highest BCUT2D eigenvalue weighted by molar-refractivity contribution is 5.63. The molecule has 0 fully saturated rings. The van der Waals surface area contributed by atoms with Crippen molar-refractivity contribution in [2.45, 2.75) is 12.5 Å². The molecular formula is C24H22O. The number of aliphatic hydroxyl groups excluding tert-OH is 1. The summed E-state index contributed by atoms with van der Waals surface area (Å²) in [6.07, 6.45) is 7.84. The summed E-state index contributed by atoms with van der Waals surface area (Å²) in [5, 5.41) is 10.2. The van der Waals surface area contributed by atoms with Crippen LogP contribution in [0.4, 0.5) is 0 Å². The van der Waals surface area contributed by atoms with E-state index in [2.05, 4.69) is 48.5 Å². The van der Waals surface area contributed by atoms with Crippen molar-refractivity contribution in [3.05, 3.63) is 114 Å². The second-order valence-electron chi connectivity index (χ2n) is 5.99. The minimum atomic E-state index is -0.483. The van der Waals surface area contributed by atoms with Crippen LogP contribution in [0.5, 0.6) is 0 Å². The zero-order valence-corrected chi connectivity index (χ0v) is 14.1. The Balaban J connectivity index is 1.55. The summed E-state index contributed by atoms with van der Waals surface area (Å²) in [6, 6.07) is 28.8. The molecule has 3 aromatic carbocycles. The predicted molar refractivity (Wildman–Crippen MR) is 106 cm³/mol. The SMILES string of the molecule is OC(C=CC=Cc1ccccc1)Cc1ccc(-c2ccccc2)cc1. The van der Waals surface area contributed by atoms with Gasteiger partial charge in [-0.25, -0.2) is 0 Å². The molecule has 1 atom stereocenters. The van der Waals surface area contributed by atoms with Crippen LogP contribution in [0.25, 0.3) is 17.2 Å². The van der Waals surface area contributed by atoms with E-state index >= 15 is 0 Å². The fraction of sp³-hybridized carbons (Fsp3) is 0.0833. The molecule has 0 aromatic heterocycles. The average Bonchev–Trinajstić information content (AvgIpc) is 2.67. The lowest BCUT2D eigenvalue weighted by atomic mass is 10.0. The van der Waals surface area contributed by atoms with E-state index in [9.17, 15) is 5.11 Å². The van der Waals surface area contributed by atoms with Gasteiger partial charge in [0.2, 0.25) is 0 Å². The molecule has 1 unspecified atom stereocenters. The van der Waals surface area contributed by atoms with E-state index in [-0.39, 0.29) is 0 Å². The van der Waals surface area contributed by atoms with Gasteiger partial charge in [-0.1, -0.05) is 109 Å². The molecule has 0 aliphatic heterocycles. The summed E-state index contributed by atoms with van der Waals surface area (Å²) in [7, 11) is 0. The first kappa shape index (κ1) is 16.9. The van der Waals surface area contributed by atoms with Gasteiger partial charge in [-0.05, 0) is 22.3 Å². The van der Waals surface area contributed by atoms with Gasteiger partial charge in [-0.15, -0.1) is 0 Å². The molecule has 25 heavy (non-hydrogen) atoms. The van der Waals surface area contributed by atoms with E-state index in [1.165, 1.54) is 11.1 Å². The molecule has 0 heterocycles. The highest BCUT2D eigenvalue weighted by atomic mass is 16.3. The Morgan fingerprint density at radius 3 is 1.96 bits per heavy atom. The van der Waals surface area contributed by atoms with Crippen molar-refractivity contribution in [2.24, 2.45) is 0 Å². The van der Waals surface area contributed by atoms with Crippen LogP contribution in [-0.4, -0.2) is 11.2 Å². The second kappa shape index (κ2) is 8.81. The molecule has 1 heteroatoms. The lowest BCUT2D eigenvalue weighted by molar-refractivity contribution is 0.224. The number of aliphatic hydroxyl groups is 1. The molecule has 0 saturated carbocycles. The minimum Gasteiger partial charge on any atom is -0.389 e. The molecular weight excluding hydrogens is 304 g/mol. The Labute approximate surface area is 149 Å². The van der Waals surface area contributed by atoms with Crippen LogP contribution in [0, 0.1) is 0 Å². The molecule has 3 aromatic rings. The van der Waals surface area contributed by atoms with E-state index in [0.29, 0.717) is 6.42 Å². The monoisotopic (exact) mass is 326 g/mol. The van der Waals surface area contributed by atoms with Crippen LogP contribution in [0.1, 0.15) is 11.1 Å². The fourth-order valence-electron chi connectivity index (χ4n) is 2.70. The maximum atomic E-state index is 10.2. The number of hydrogen-bond donors (Lipinski definition) is 1. The summed E-state index contributed by atoms with van der Waals surface area (Å²) >= 11 is 0. The van der Waals surface area contributed by atoms with Crippen molar-refractivity contribution in [3.8, 4) is 11.1 Å². The Kier molecular flexibility index (Phi) is 5.97. The highest BCUT2D eigenvalue weighted by Crippen LogP contribution is 2.19. The van der Waals surface area contributed by atoms with Gasteiger partial charge in [0.05, 0.1) is 6.10 Å². The Morgan fingerprint density at radius 1 is 0.680 bits per heavy atom. The third-order valence-electron chi connectivity index (χ3n) is 4.04. The summed E-state index contributed by atoms with van der Waals surface area (Å²) in [5.74, 6) is 0. The maximum absolute atomic E-state index is 10.2. The molecule has 0 aliphatic carbocycles. The van der Waals surface area contributed by atoms with E-state index in [4.69, 9.17) is 0 Å². The van der Waals surface area contributed by atoms with Crippen molar-refractivity contribution in [2.75, 3.05) is 0 Å². The van der Waals surface area contributed by atoms with Crippen molar-refractivity contribution in [1.82, 2.24) is 0 Å². The van der Waals surface area contributed by atoms with Crippen LogP contribution in [0.15, 0.2) is 103 Å². The standard InChI is InChI=1S/C24H22O/c25-24(14-8-7-11-20-9-3-1-4-10-20)19-21-15-17-23(18-16-21)22-12-5-2-6-13-22/h1-18,24-25H,19H2. The zero-order valence-electron chi connectivity index (χ0n) is 14.1. The smallest absolute Gasteiger partial charge is 0.0764 e. The van der Waals surface area contributed by atoms with Crippen LogP contribution in [-0.2, 0) is 6.42 Å². The quantitative estimate of drug-likeness (QED) is 0.591. The first-order chi connectivity index (χ1) is 12.3. The van der Waals surface area contributed by atoms with E-state index in [1.54, 1.807) is 0 Å². The third-order valence-corrected chi connectivity index (χ3v) is 4.04. The highest BCUT2D eigenvalue weighted by Gasteiger charge is 2.02. The molecule has 0 aliphatic rings. The molecule has 0 spiro atoms. The van der Waals surface area contributed by atoms with Gasteiger partial charge in [-0.2, -0.15) is 0 Å². The number of rotatable bonds is 6. The molecule has 0 radical (unpaired) electrons. The summed E-state index contributed by atoms with van der Waals surface area (Å²) in [6.45, 7) is 0. The van der Waals surface area contributed by atoms with Gasteiger partial charge < -0.3 is 5.11 Å². The topological polar surface area (TPSA) is 20.2 Å². The molecule has 0 amide bonds. The normalized spacial score (nSPS) is 12.7. The van der Waals surface area contributed by atoms with Crippen LogP contribution in [0.3, 0.4) is 0 Å². The second-order valence-corrected chi connectivity index (χ2v) is 5.99. The Hall–Kier alpha value is -2.90. The molecule has 1 N–H and O–H groups in total. The van der Waals surface area contributed by atoms with Crippen LogP contribution < -0.4 is 0 Å². The van der Waals surface area contributed by atoms with Crippen molar-refractivity contribution < 1.29 is 5.11 Å². The van der Waals surface area contributed by atoms with Gasteiger partial charge in [0.25, 0.3) is 0 Å². The van der Waals surface area contributed by atoms with E-state index in [0.717, 1.165) is 11.1 Å². The van der Waals surface area contributed by atoms with Crippen LogP contribution in [0.2, 0.25) is 0 Å². The van der Waals surface area contributed by atoms with Gasteiger partial charge in [0.1, 0.15) is 0 Å². The molecule has 0 saturated heterocycles. The molecule has 0 bridgehead atoms. The largest absolute Gasteiger partial charge is 0.389 e. The summed E-state index contributed by atoms with van der Waals surface area (Å²) in [4.78, 5) is 0. The molecule has 124 valence electrons. The molecule has 3 rings (SSSR count). The predicted octanol–water partition coefficient (Wildman–Crippen LogP) is 5.53. The van der Waals surface area contributed by atoms with Crippen molar-refractivity contribution in [3.63, 3.8) is 0 Å². The van der Waals surface area contributed by atoms with Crippen LogP contribution >= 0.6 is 0 Å². The zero-order chi connectivity index (χ0) is 17.3. The number of allylic oxidation sites excluding steroid dienone is 2. The Bertz CT molecular complexity index is 815. The van der Waals surface area contributed by atoms with Gasteiger partial charge >= 0.3 is 0 Å². The summed E-state index contributed by atoms with van der Waals surface area (Å²) < 4.78 is 0. The average molecular weight is 326 g/mol. The lowest BCUT2D eigenvalue weighted by Gasteiger charge is -2.07. The molecule has 1 nitrogen and oxygen atoms in total. The fourth-order valence-corrected chi connectivity index (χ4v) is 2.70. The first-order valence-electron chi connectivity index (χ1n) is 8.53. The van der Waals surface area contributed by atoms with Gasteiger partial charge in [-0.3, -0.25) is 0 Å². The van der Waals surface area contributed by atoms with Gasteiger partial charge in [0, 0.05) is 6.42 Å². The maximum Gasteiger partial charge on any atom is 0.0764 e. The van der Waals surface area contributed by atoms with E-state index < -0.39 is 6.10 Å².